The van der Waals surface area contributed by atoms with Gasteiger partial charge in [0.05, 0.1) is 5.56 Å². The number of carbonyl (C=O) groups excluding carboxylic acids is 1. The van der Waals surface area contributed by atoms with Gasteiger partial charge < -0.3 is 10.6 Å². The van der Waals surface area contributed by atoms with Gasteiger partial charge in [0.1, 0.15) is 0 Å². The molecule has 1 amide bonds. The van der Waals surface area contributed by atoms with Gasteiger partial charge >= 0.3 is 0 Å². The molecule has 0 saturated carbocycles. The Balaban J connectivity index is 2.16. The number of anilines is 2. The van der Waals surface area contributed by atoms with Crippen LogP contribution in [0.25, 0.3) is 0 Å². The molecule has 0 radical (unpaired) electrons. The minimum absolute atomic E-state index is 0.109. The van der Waals surface area contributed by atoms with Crippen LogP contribution in [0.15, 0.2) is 53.4 Å². The second-order valence-corrected chi connectivity index (χ2v) is 4.86. The average molecular weight is 272 g/mol. The highest BCUT2D eigenvalue weighted by Gasteiger charge is 2.09. The Hall–Kier alpha value is -1.94. The van der Waals surface area contributed by atoms with E-state index < -0.39 is 0 Å². The maximum absolute atomic E-state index is 12.2. The summed E-state index contributed by atoms with van der Waals surface area (Å²) in [6.07, 6.45) is 2.02. The minimum Gasteiger partial charge on any atom is -0.387 e. The van der Waals surface area contributed by atoms with Crippen LogP contribution in [0.4, 0.5) is 11.4 Å². The van der Waals surface area contributed by atoms with Crippen LogP contribution in [0, 0.1) is 0 Å². The Kier molecular flexibility index (Phi) is 4.47. The zero-order valence-electron chi connectivity index (χ0n) is 10.9. The van der Waals surface area contributed by atoms with Gasteiger partial charge in [-0.2, -0.15) is 0 Å². The molecule has 2 N–H and O–H groups in total. The summed E-state index contributed by atoms with van der Waals surface area (Å²) in [6, 6.07) is 15.2. The zero-order valence-corrected chi connectivity index (χ0v) is 11.8. The van der Waals surface area contributed by atoms with Crippen LogP contribution in [-0.4, -0.2) is 19.2 Å². The molecule has 0 bridgehead atoms. The summed E-state index contributed by atoms with van der Waals surface area (Å²) in [7, 11) is 1.80. The molecule has 2 aromatic rings. The number of nitrogens with one attached hydrogen (secondary N) is 2. The maximum Gasteiger partial charge on any atom is 0.257 e. The fourth-order valence-electron chi connectivity index (χ4n) is 1.77. The van der Waals surface area contributed by atoms with Crippen molar-refractivity contribution < 1.29 is 4.79 Å². The predicted octanol–water partition coefficient (Wildman–Crippen LogP) is 3.70. The van der Waals surface area contributed by atoms with Crippen LogP contribution >= 0.6 is 11.8 Å². The normalized spacial score (nSPS) is 10.0. The lowest BCUT2D eigenvalue weighted by Crippen LogP contribution is -2.13. The fourth-order valence-corrected chi connectivity index (χ4v) is 2.18. The van der Waals surface area contributed by atoms with Crippen molar-refractivity contribution in [3.05, 3.63) is 54.1 Å². The highest BCUT2D eigenvalue weighted by Crippen LogP contribution is 2.19. The summed E-state index contributed by atoms with van der Waals surface area (Å²) < 4.78 is 0. The van der Waals surface area contributed by atoms with Gasteiger partial charge in [0.15, 0.2) is 0 Å². The van der Waals surface area contributed by atoms with Crippen LogP contribution < -0.4 is 10.6 Å². The first-order valence-corrected chi connectivity index (χ1v) is 7.19. The van der Waals surface area contributed by atoms with Crippen LogP contribution in [0.1, 0.15) is 10.4 Å². The number of thioether (sulfide) groups is 1. The van der Waals surface area contributed by atoms with Gasteiger partial charge in [-0.15, -0.1) is 11.8 Å². The summed E-state index contributed by atoms with van der Waals surface area (Å²) >= 11 is 1.68. The number of amides is 1. The number of carbonyl (C=O) groups is 1. The molecule has 3 nitrogen and oxygen atoms in total. The van der Waals surface area contributed by atoms with Crippen LogP contribution in [0.3, 0.4) is 0 Å². The Labute approximate surface area is 117 Å². The number of rotatable bonds is 4. The SMILES string of the molecule is CNc1ccccc1C(=O)Nc1ccc(SC)cc1. The molecule has 2 aromatic carbocycles. The van der Waals surface area contributed by atoms with Crippen molar-refractivity contribution in [3.63, 3.8) is 0 Å². The van der Waals surface area contributed by atoms with E-state index >= 15 is 0 Å². The summed E-state index contributed by atoms with van der Waals surface area (Å²) in [5.74, 6) is -0.109. The molecule has 0 unspecified atom stereocenters. The number of hydrogen-bond donors (Lipinski definition) is 2. The van der Waals surface area contributed by atoms with E-state index in [2.05, 4.69) is 10.6 Å². The van der Waals surface area contributed by atoms with Crippen molar-refractivity contribution in [2.75, 3.05) is 23.9 Å². The van der Waals surface area contributed by atoms with E-state index in [1.54, 1.807) is 24.9 Å². The Morgan fingerprint density at radius 1 is 1.05 bits per heavy atom. The van der Waals surface area contributed by atoms with E-state index in [0.29, 0.717) is 5.56 Å². The molecule has 98 valence electrons. The van der Waals surface area contributed by atoms with E-state index in [-0.39, 0.29) is 5.91 Å². The molecular formula is C15H16N2OS. The van der Waals surface area contributed by atoms with Crippen LogP contribution in [0.5, 0.6) is 0 Å². The third-order valence-corrected chi connectivity index (χ3v) is 3.53. The molecule has 0 fully saturated rings. The first-order valence-electron chi connectivity index (χ1n) is 5.97. The molecule has 0 aliphatic carbocycles. The van der Waals surface area contributed by atoms with Crippen molar-refractivity contribution >= 4 is 29.0 Å². The molecular weight excluding hydrogens is 256 g/mol. The quantitative estimate of drug-likeness (QED) is 0.834. The van der Waals surface area contributed by atoms with Gasteiger partial charge in [-0.1, -0.05) is 12.1 Å². The summed E-state index contributed by atoms with van der Waals surface area (Å²) in [6.45, 7) is 0. The molecule has 4 heteroatoms. The van der Waals surface area contributed by atoms with E-state index in [1.165, 1.54) is 4.90 Å². The highest BCUT2D eigenvalue weighted by molar-refractivity contribution is 7.98. The third kappa shape index (κ3) is 3.29. The fraction of sp³-hybridized carbons (Fsp3) is 0.133. The summed E-state index contributed by atoms with van der Waals surface area (Å²) in [5.41, 5.74) is 2.26. The van der Waals surface area contributed by atoms with Gasteiger partial charge in [0, 0.05) is 23.3 Å². The second-order valence-electron chi connectivity index (χ2n) is 3.98. The van der Waals surface area contributed by atoms with E-state index in [0.717, 1.165) is 11.4 Å². The largest absolute Gasteiger partial charge is 0.387 e. The lowest BCUT2D eigenvalue weighted by atomic mass is 10.1. The molecule has 0 atom stereocenters. The molecule has 0 heterocycles. The van der Waals surface area contributed by atoms with Crippen molar-refractivity contribution in [1.82, 2.24) is 0 Å². The van der Waals surface area contributed by atoms with E-state index in [4.69, 9.17) is 0 Å². The molecule has 0 aliphatic heterocycles. The number of hydrogen-bond acceptors (Lipinski definition) is 3. The van der Waals surface area contributed by atoms with Crippen molar-refractivity contribution in [1.29, 1.82) is 0 Å². The standard InChI is InChI=1S/C15H16N2OS/c1-16-14-6-4-3-5-13(14)15(18)17-11-7-9-12(19-2)10-8-11/h3-10,16H,1-2H3,(H,17,18). The van der Waals surface area contributed by atoms with Gasteiger partial charge in [-0.25, -0.2) is 0 Å². The average Bonchev–Trinajstić information content (AvgIpc) is 2.48. The Morgan fingerprint density at radius 3 is 2.37 bits per heavy atom. The van der Waals surface area contributed by atoms with Gasteiger partial charge in [-0.05, 0) is 42.7 Å². The first-order chi connectivity index (χ1) is 9.24. The van der Waals surface area contributed by atoms with Crippen LogP contribution in [0.2, 0.25) is 0 Å². The van der Waals surface area contributed by atoms with Crippen molar-refractivity contribution in [2.45, 2.75) is 4.90 Å². The number of para-hydroxylation sites is 1. The molecule has 0 saturated heterocycles. The van der Waals surface area contributed by atoms with Crippen molar-refractivity contribution in [3.8, 4) is 0 Å². The lowest BCUT2D eigenvalue weighted by molar-refractivity contribution is 0.102. The Bertz CT molecular complexity index is 567. The van der Waals surface area contributed by atoms with Crippen molar-refractivity contribution in [2.24, 2.45) is 0 Å². The monoisotopic (exact) mass is 272 g/mol. The lowest BCUT2D eigenvalue weighted by Gasteiger charge is -2.09. The molecule has 0 spiro atoms. The van der Waals surface area contributed by atoms with Gasteiger partial charge in [0.25, 0.3) is 5.91 Å². The molecule has 2 rings (SSSR count). The predicted molar refractivity (Wildman–Crippen MR) is 82.2 cm³/mol. The minimum atomic E-state index is -0.109. The topological polar surface area (TPSA) is 41.1 Å². The summed E-state index contributed by atoms with van der Waals surface area (Å²) in [5, 5.41) is 5.91. The molecule has 0 aliphatic rings. The smallest absolute Gasteiger partial charge is 0.257 e. The summed E-state index contributed by atoms with van der Waals surface area (Å²) in [4.78, 5) is 13.4. The number of benzene rings is 2. The van der Waals surface area contributed by atoms with Crippen LogP contribution in [-0.2, 0) is 0 Å². The van der Waals surface area contributed by atoms with Gasteiger partial charge in [-0.3, -0.25) is 4.79 Å². The Morgan fingerprint density at radius 2 is 1.74 bits per heavy atom. The third-order valence-electron chi connectivity index (χ3n) is 2.79. The van der Waals surface area contributed by atoms with E-state index in [1.807, 2.05) is 48.7 Å². The van der Waals surface area contributed by atoms with Gasteiger partial charge in [0.2, 0.25) is 0 Å². The first kappa shape index (κ1) is 13.5. The van der Waals surface area contributed by atoms with E-state index in [9.17, 15) is 4.79 Å². The molecule has 19 heavy (non-hydrogen) atoms. The highest BCUT2D eigenvalue weighted by atomic mass is 32.2. The maximum atomic E-state index is 12.2. The zero-order chi connectivity index (χ0) is 13.7. The molecule has 0 aromatic heterocycles. The second kappa shape index (κ2) is 6.29.